The van der Waals surface area contributed by atoms with Crippen molar-refractivity contribution in [2.45, 2.75) is 44.8 Å². The summed E-state index contributed by atoms with van der Waals surface area (Å²) in [5.74, 6) is -2.22. The monoisotopic (exact) mass is 421 g/mol. The van der Waals surface area contributed by atoms with E-state index in [1.807, 2.05) is 0 Å². The van der Waals surface area contributed by atoms with Gasteiger partial charge in [0.05, 0.1) is 18.9 Å². The molecule has 2 rings (SSSR count). The van der Waals surface area contributed by atoms with Crippen molar-refractivity contribution in [1.29, 1.82) is 0 Å². The smallest absolute Gasteiger partial charge is 0.303 e. The number of aliphatic hydroxyl groups excluding tert-OH is 1. The Morgan fingerprint density at radius 2 is 1.63 bits per heavy atom. The van der Waals surface area contributed by atoms with Crippen LogP contribution >= 0.6 is 0 Å². The van der Waals surface area contributed by atoms with E-state index in [0.717, 1.165) is 18.4 Å². The molecule has 30 heavy (non-hydrogen) atoms. The predicted octanol–water partition coefficient (Wildman–Crippen LogP) is 3.11. The molecule has 0 spiro atoms. The number of hydrogen-bond donors (Lipinski definition) is 5. The van der Waals surface area contributed by atoms with Crippen LogP contribution in [0.5, 0.6) is 5.75 Å². The van der Waals surface area contributed by atoms with Gasteiger partial charge in [-0.05, 0) is 55.2 Å². The second-order valence-electron chi connectivity index (χ2n) is 6.87. The maximum absolute atomic E-state index is 12.8. The van der Waals surface area contributed by atoms with Crippen molar-refractivity contribution in [3.63, 3.8) is 0 Å². The molecule has 2 aromatic carbocycles. The number of rotatable bonds is 10. The first-order valence-corrected chi connectivity index (χ1v) is 9.55. The average Bonchev–Trinajstić information content (AvgIpc) is 2.70. The van der Waals surface area contributed by atoms with E-state index in [1.165, 1.54) is 12.1 Å². The van der Waals surface area contributed by atoms with Gasteiger partial charge in [-0.2, -0.15) is 0 Å². The third-order valence-corrected chi connectivity index (χ3v) is 4.25. The largest absolute Gasteiger partial charge is 0.508 e. The topological polar surface area (TPSA) is 127 Å². The predicted molar refractivity (Wildman–Crippen MR) is 110 cm³/mol. The Hall–Kier alpha value is -2.97. The molecule has 0 aromatic heterocycles. The SMILES string of the molecule is CC(CCc1ccc(F)cc1)NCC(O)c1cccc(O)c1.O=C(O)CCC(=O)O. The molecular formula is C22H28FNO6. The summed E-state index contributed by atoms with van der Waals surface area (Å²) < 4.78 is 12.8. The van der Waals surface area contributed by atoms with Gasteiger partial charge in [0.2, 0.25) is 0 Å². The third kappa shape index (κ3) is 11.1. The number of benzene rings is 2. The van der Waals surface area contributed by atoms with E-state index in [1.54, 1.807) is 36.4 Å². The number of aliphatic hydroxyl groups is 1. The quantitative estimate of drug-likeness (QED) is 0.399. The van der Waals surface area contributed by atoms with Crippen LogP contribution in [0.1, 0.15) is 43.4 Å². The number of phenols is 1. The molecule has 0 aliphatic heterocycles. The van der Waals surface area contributed by atoms with Crippen LogP contribution in [-0.2, 0) is 16.0 Å². The number of hydrogen-bond acceptors (Lipinski definition) is 5. The van der Waals surface area contributed by atoms with Crippen LogP contribution in [0.15, 0.2) is 48.5 Å². The van der Waals surface area contributed by atoms with Gasteiger partial charge in [0, 0.05) is 12.6 Å². The molecule has 0 heterocycles. The summed E-state index contributed by atoms with van der Waals surface area (Å²) in [5.41, 5.74) is 1.79. The van der Waals surface area contributed by atoms with Crippen molar-refractivity contribution in [2.75, 3.05) is 6.54 Å². The van der Waals surface area contributed by atoms with Crippen molar-refractivity contribution in [1.82, 2.24) is 5.32 Å². The van der Waals surface area contributed by atoms with Crippen molar-refractivity contribution < 1.29 is 34.4 Å². The Balaban J connectivity index is 0.000000479. The fraction of sp³-hybridized carbons (Fsp3) is 0.364. The van der Waals surface area contributed by atoms with Gasteiger partial charge in [0.1, 0.15) is 11.6 Å². The summed E-state index contributed by atoms with van der Waals surface area (Å²) in [6.45, 7) is 2.48. The number of aliphatic carboxylic acids is 2. The summed E-state index contributed by atoms with van der Waals surface area (Å²) in [7, 11) is 0. The van der Waals surface area contributed by atoms with Crippen LogP contribution in [0, 0.1) is 5.82 Å². The minimum absolute atomic E-state index is 0.154. The van der Waals surface area contributed by atoms with E-state index in [4.69, 9.17) is 10.2 Å². The standard InChI is InChI=1S/C18H22FNO2.C4H6O4/c1-13(5-6-14-7-9-16(19)10-8-14)20-12-18(22)15-3-2-4-17(21)11-15;5-3(6)1-2-4(7)8/h2-4,7-11,13,18,20-22H,5-6,12H2,1H3;1-2H2,(H,5,6)(H,7,8). The van der Waals surface area contributed by atoms with Crippen LogP contribution in [-0.4, -0.2) is 45.0 Å². The molecule has 0 saturated heterocycles. The number of aryl methyl sites for hydroxylation is 1. The first kappa shape index (κ1) is 25.1. The Bertz CT molecular complexity index is 782. The Labute approximate surface area is 174 Å². The molecule has 0 radical (unpaired) electrons. The second-order valence-corrected chi connectivity index (χ2v) is 6.87. The van der Waals surface area contributed by atoms with E-state index >= 15 is 0 Å². The zero-order valence-corrected chi connectivity index (χ0v) is 16.8. The van der Waals surface area contributed by atoms with Crippen molar-refractivity contribution in [2.24, 2.45) is 0 Å². The fourth-order valence-corrected chi connectivity index (χ4v) is 2.51. The van der Waals surface area contributed by atoms with Gasteiger partial charge in [-0.25, -0.2) is 4.39 Å². The molecule has 0 amide bonds. The lowest BCUT2D eigenvalue weighted by molar-refractivity contribution is -0.143. The maximum atomic E-state index is 12.8. The number of aromatic hydroxyl groups is 1. The zero-order chi connectivity index (χ0) is 22.5. The van der Waals surface area contributed by atoms with Crippen molar-refractivity contribution in [3.8, 4) is 5.75 Å². The zero-order valence-electron chi connectivity index (χ0n) is 16.8. The van der Waals surface area contributed by atoms with Gasteiger partial charge < -0.3 is 25.7 Å². The summed E-state index contributed by atoms with van der Waals surface area (Å²) in [6.07, 6.45) is 0.514. The highest BCUT2D eigenvalue weighted by atomic mass is 19.1. The highest BCUT2D eigenvalue weighted by Gasteiger charge is 2.10. The molecule has 2 unspecified atom stereocenters. The van der Waals surface area contributed by atoms with Crippen molar-refractivity contribution >= 4 is 11.9 Å². The van der Waals surface area contributed by atoms with Crippen LogP contribution in [0.4, 0.5) is 4.39 Å². The maximum Gasteiger partial charge on any atom is 0.303 e. The average molecular weight is 421 g/mol. The van der Waals surface area contributed by atoms with Crippen LogP contribution in [0.2, 0.25) is 0 Å². The Morgan fingerprint density at radius 3 is 2.17 bits per heavy atom. The first-order chi connectivity index (χ1) is 14.2. The van der Waals surface area contributed by atoms with E-state index in [9.17, 15) is 24.2 Å². The van der Waals surface area contributed by atoms with E-state index < -0.39 is 18.0 Å². The van der Waals surface area contributed by atoms with Gasteiger partial charge in [-0.15, -0.1) is 0 Å². The highest BCUT2D eigenvalue weighted by molar-refractivity contribution is 5.75. The molecule has 0 aliphatic rings. The Kier molecular flexibility index (Phi) is 11.1. The number of phenolic OH excluding ortho intramolecular Hbond substituents is 1. The van der Waals surface area contributed by atoms with E-state index in [-0.39, 0.29) is 30.5 Å². The number of carbonyl (C=O) groups is 2. The van der Waals surface area contributed by atoms with Gasteiger partial charge in [0.15, 0.2) is 0 Å². The number of carboxylic acid groups (broad SMARTS) is 2. The normalized spacial score (nSPS) is 12.4. The number of carboxylic acids is 2. The third-order valence-electron chi connectivity index (χ3n) is 4.25. The molecule has 0 aliphatic carbocycles. The number of halogens is 1. The van der Waals surface area contributed by atoms with Crippen LogP contribution in [0.25, 0.3) is 0 Å². The fourth-order valence-electron chi connectivity index (χ4n) is 2.51. The first-order valence-electron chi connectivity index (χ1n) is 9.55. The van der Waals surface area contributed by atoms with E-state index in [0.29, 0.717) is 12.1 Å². The molecule has 5 N–H and O–H groups in total. The molecule has 0 fully saturated rings. The van der Waals surface area contributed by atoms with Gasteiger partial charge in [-0.3, -0.25) is 9.59 Å². The van der Waals surface area contributed by atoms with Gasteiger partial charge in [-0.1, -0.05) is 24.3 Å². The molecule has 2 atom stereocenters. The summed E-state index contributed by atoms with van der Waals surface area (Å²) in [4.78, 5) is 19.3. The summed E-state index contributed by atoms with van der Waals surface area (Å²) in [6, 6.07) is 13.4. The molecule has 0 saturated carbocycles. The van der Waals surface area contributed by atoms with Crippen molar-refractivity contribution in [3.05, 3.63) is 65.5 Å². The van der Waals surface area contributed by atoms with Gasteiger partial charge >= 0.3 is 11.9 Å². The highest BCUT2D eigenvalue weighted by Crippen LogP contribution is 2.17. The summed E-state index contributed by atoms with van der Waals surface area (Å²) >= 11 is 0. The molecule has 7 nitrogen and oxygen atoms in total. The molecular weight excluding hydrogens is 393 g/mol. The molecule has 2 aromatic rings. The lowest BCUT2D eigenvalue weighted by atomic mass is 10.1. The summed E-state index contributed by atoms with van der Waals surface area (Å²) in [5, 5.41) is 38.6. The lowest BCUT2D eigenvalue weighted by Gasteiger charge is -2.17. The van der Waals surface area contributed by atoms with Crippen LogP contribution < -0.4 is 5.32 Å². The molecule has 8 heteroatoms. The minimum atomic E-state index is -1.08. The second kappa shape index (κ2) is 13.3. The number of nitrogens with one attached hydrogen (secondary N) is 1. The van der Waals surface area contributed by atoms with Gasteiger partial charge in [0.25, 0.3) is 0 Å². The van der Waals surface area contributed by atoms with Crippen LogP contribution in [0.3, 0.4) is 0 Å². The Morgan fingerprint density at radius 1 is 1.03 bits per heavy atom. The molecule has 0 bridgehead atoms. The minimum Gasteiger partial charge on any atom is -0.508 e. The van der Waals surface area contributed by atoms with E-state index in [2.05, 4.69) is 12.2 Å². The lowest BCUT2D eigenvalue weighted by Crippen LogP contribution is -2.30. The molecule has 164 valence electrons.